The van der Waals surface area contributed by atoms with Crippen LogP contribution in [-0.4, -0.2) is 56.5 Å². The molecule has 2 saturated carbocycles. The van der Waals surface area contributed by atoms with Gasteiger partial charge in [-0.15, -0.1) is 0 Å². The highest BCUT2D eigenvalue weighted by atomic mass is 16.6. The first kappa shape index (κ1) is 20.8. The van der Waals surface area contributed by atoms with Crippen molar-refractivity contribution in [1.82, 2.24) is 4.90 Å². The number of fused-ring (bicyclic) bond motifs is 4. The number of hydrogen-bond acceptors (Lipinski definition) is 6. The highest BCUT2D eigenvalue weighted by molar-refractivity contribution is 5.75. The van der Waals surface area contributed by atoms with Crippen LogP contribution in [0.1, 0.15) is 50.2 Å². The van der Waals surface area contributed by atoms with Crippen molar-refractivity contribution in [2.45, 2.75) is 63.7 Å². The van der Waals surface area contributed by atoms with E-state index in [2.05, 4.69) is 24.0 Å². The van der Waals surface area contributed by atoms with Crippen molar-refractivity contribution >= 4 is 5.97 Å². The molecule has 32 heavy (non-hydrogen) atoms. The van der Waals surface area contributed by atoms with Crippen LogP contribution in [0.3, 0.4) is 0 Å². The minimum absolute atomic E-state index is 0.0196. The van der Waals surface area contributed by atoms with Gasteiger partial charge in [0.2, 0.25) is 0 Å². The van der Waals surface area contributed by atoms with Crippen molar-refractivity contribution in [2.75, 3.05) is 33.9 Å². The molecule has 4 fully saturated rings. The maximum Gasteiger partial charge on any atom is 0.310 e. The van der Waals surface area contributed by atoms with Gasteiger partial charge in [-0.1, -0.05) is 6.92 Å². The number of carbonyl (C=O) groups is 1. The second kappa shape index (κ2) is 7.36. The molecule has 6 nitrogen and oxygen atoms in total. The molecule has 6 atom stereocenters. The van der Waals surface area contributed by atoms with Crippen LogP contribution in [0.2, 0.25) is 0 Å². The highest BCUT2D eigenvalue weighted by Gasteiger charge is 2.65. The number of nitrogens with zero attached hydrogens (tertiary/aromatic N) is 1. The number of rotatable bonds is 4. The van der Waals surface area contributed by atoms with E-state index in [1.165, 1.54) is 30.4 Å². The standard InChI is InChI=1S/C26H35NO5/c1-25-6-4-7-26(15-31-26)23(25)11-18-19(24(28)32-22(18)12-25)14-27-8-5-16-9-20(29-2)21(30-3)10-17(16)13-27/h9-10,18-19,22-23H,4-8,11-15H2,1-3H3/t18-,19+,22+,23-,25+,26+/m0/s1. The van der Waals surface area contributed by atoms with Gasteiger partial charge in [-0.05, 0) is 73.1 Å². The van der Waals surface area contributed by atoms with E-state index in [1.807, 2.05) is 0 Å². The van der Waals surface area contributed by atoms with Crippen LogP contribution in [-0.2, 0) is 27.2 Å². The van der Waals surface area contributed by atoms with Crippen LogP contribution in [0.5, 0.6) is 11.5 Å². The van der Waals surface area contributed by atoms with Gasteiger partial charge >= 0.3 is 5.97 Å². The zero-order valence-electron chi connectivity index (χ0n) is 19.5. The lowest BCUT2D eigenvalue weighted by atomic mass is 9.53. The van der Waals surface area contributed by atoms with Crippen LogP contribution in [0.15, 0.2) is 12.1 Å². The van der Waals surface area contributed by atoms with Gasteiger partial charge in [0.05, 0.1) is 32.3 Å². The van der Waals surface area contributed by atoms with E-state index in [4.69, 9.17) is 18.9 Å². The second-order valence-corrected chi connectivity index (χ2v) is 11.1. The molecule has 0 amide bonds. The number of epoxide rings is 1. The molecule has 2 aliphatic carbocycles. The third-order valence-corrected chi connectivity index (χ3v) is 9.33. The Bertz CT molecular complexity index is 927. The minimum atomic E-state index is -0.0241. The van der Waals surface area contributed by atoms with Crippen molar-refractivity contribution in [2.24, 2.45) is 23.2 Å². The van der Waals surface area contributed by atoms with Crippen molar-refractivity contribution in [3.8, 4) is 11.5 Å². The van der Waals surface area contributed by atoms with E-state index in [0.717, 1.165) is 57.0 Å². The van der Waals surface area contributed by atoms with Crippen molar-refractivity contribution < 1.29 is 23.7 Å². The van der Waals surface area contributed by atoms with E-state index in [-0.39, 0.29) is 29.0 Å². The fourth-order valence-corrected chi connectivity index (χ4v) is 7.54. The highest BCUT2D eigenvalue weighted by Crippen LogP contribution is 2.62. The summed E-state index contributed by atoms with van der Waals surface area (Å²) < 4.78 is 23.1. The first-order valence-electron chi connectivity index (χ1n) is 12.3. The maximum atomic E-state index is 13.0. The molecule has 3 aliphatic heterocycles. The molecule has 5 aliphatic rings. The zero-order valence-corrected chi connectivity index (χ0v) is 19.5. The van der Waals surface area contributed by atoms with Crippen LogP contribution in [0.4, 0.5) is 0 Å². The summed E-state index contributed by atoms with van der Waals surface area (Å²) in [5.74, 6) is 2.45. The van der Waals surface area contributed by atoms with Gasteiger partial charge in [0.1, 0.15) is 6.10 Å². The SMILES string of the molecule is COc1cc2c(cc1OC)CN(C[C@H]1C(=O)O[C@@H]3C[C@@]4(C)CCC[C@@]5(CO5)[C@H]4C[C@H]31)CC2. The Balaban J connectivity index is 1.19. The smallest absolute Gasteiger partial charge is 0.310 e. The molecule has 1 spiro atoms. The first-order valence-corrected chi connectivity index (χ1v) is 12.3. The largest absolute Gasteiger partial charge is 0.493 e. The van der Waals surface area contributed by atoms with Crippen LogP contribution < -0.4 is 9.47 Å². The number of esters is 1. The molecule has 0 unspecified atom stereocenters. The Morgan fingerprint density at radius 3 is 2.62 bits per heavy atom. The fraction of sp³-hybridized carbons (Fsp3) is 0.731. The quantitative estimate of drug-likeness (QED) is 0.526. The fourth-order valence-electron chi connectivity index (χ4n) is 7.54. The third kappa shape index (κ3) is 3.17. The Kier molecular flexibility index (Phi) is 4.78. The predicted molar refractivity (Wildman–Crippen MR) is 119 cm³/mol. The van der Waals surface area contributed by atoms with Crippen molar-refractivity contribution in [1.29, 1.82) is 0 Å². The van der Waals surface area contributed by atoms with Gasteiger partial charge in [0.15, 0.2) is 11.5 Å². The summed E-state index contributed by atoms with van der Waals surface area (Å²) in [7, 11) is 3.36. The zero-order chi connectivity index (χ0) is 22.1. The molecule has 3 heterocycles. The third-order valence-electron chi connectivity index (χ3n) is 9.33. The van der Waals surface area contributed by atoms with Gasteiger partial charge in [-0.25, -0.2) is 0 Å². The Morgan fingerprint density at radius 1 is 1.16 bits per heavy atom. The monoisotopic (exact) mass is 441 g/mol. The minimum Gasteiger partial charge on any atom is -0.493 e. The van der Waals surface area contributed by atoms with Crippen molar-refractivity contribution in [3.05, 3.63) is 23.3 Å². The summed E-state index contributed by atoms with van der Waals surface area (Å²) in [6.07, 6.45) is 6.81. The average molecular weight is 442 g/mol. The number of hydrogen-bond donors (Lipinski definition) is 0. The Hall–Kier alpha value is -1.79. The van der Waals surface area contributed by atoms with Gasteiger partial charge in [-0.2, -0.15) is 0 Å². The summed E-state index contributed by atoms with van der Waals surface area (Å²) in [5, 5.41) is 0. The first-order chi connectivity index (χ1) is 15.4. The number of methoxy groups -OCH3 is 2. The molecule has 2 saturated heterocycles. The Labute approximate surface area is 190 Å². The van der Waals surface area contributed by atoms with Gasteiger partial charge in [0.25, 0.3) is 0 Å². The number of ether oxygens (including phenoxy) is 4. The van der Waals surface area contributed by atoms with Crippen molar-refractivity contribution in [3.63, 3.8) is 0 Å². The topological polar surface area (TPSA) is 60.5 Å². The summed E-state index contributed by atoms with van der Waals surface area (Å²) >= 11 is 0. The summed E-state index contributed by atoms with van der Waals surface area (Å²) in [6.45, 7) is 5.91. The van der Waals surface area contributed by atoms with Crippen LogP contribution in [0.25, 0.3) is 0 Å². The molecule has 6 heteroatoms. The lowest BCUT2D eigenvalue weighted by Crippen LogP contribution is -2.51. The molecule has 0 radical (unpaired) electrons. The van der Waals surface area contributed by atoms with E-state index >= 15 is 0 Å². The van der Waals surface area contributed by atoms with E-state index < -0.39 is 0 Å². The lowest BCUT2D eigenvalue weighted by Gasteiger charge is -2.51. The molecule has 6 rings (SSSR count). The molecule has 1 aromatic carbocycles. The summed E-state index contributed by atoms with van der Waals surface area (Å²) in [6, 6.07) is 4.20. The molecule has 1 aromatic rings. The van der Waals surface area contributed by atoms with E-state index in [9.17, 15) is 4.79 Å². The van der Waals surface area contributed by atoms with Gasteiger partial charge < -0.3 is 18.9 Å². The van der Waals surface area contributed by atoms with E-state index in [1.54, 1.807) is 14.2 Å². The number of carbonyl (C=O) groups excluding carboxylic acids is 1. The molecule has 0 bridgehead atoms. The van der Waals surface area contributed by atoms with Crippen LogP contribution >= 0.6 is 0 Å². The molecular formula is C26H35NO5. The normalized spacial score (nSPS) is 40.3. The maximum absolute atomic E-state index is 13.0. The average Bonchev–Trinajstić information content (AvgIpc) is 3.49. The summed E-state index contributed by atoms with van der Waals surface area (Å²) in [5.41, 5.74) is 2.94. The molecule has 0 aromatic heterocycles. The van der Waals surface area contributed by atoms with Gasteiger partial charge in [0, 0.05) is 25.6 Å². The second-order valence-electron chi connectivity index (χ2n) is 11.1. The number of benzene rings is 1. The van der Waals surface area contributed by atoms with E-state index in [0.29, 0.717) is 11.8 Å². The lowest BCUT2D eigenvalue weighted by molar-refractivity contribution is -0.147. The predicted octanol–water partition coefficient (Wildman–Crippen LogP) is 3.59. The molecule has 174 valence electrons. The van der Waals surface area contributed by atoms with Crippen LogP contribution in [0, 0.1) is 23.2 Å². The van der Waals surface area contributed by atoms with Gasteiger partial charge in [-0.3, -0.25) is 9.69 Å². The molecular weight excluding hydrogens is 406 g/mol. The summed E-state index contributed by atoms with van der Waals surface area (Å²) in [4.78, 5) is 15.4. The Morgan fingerprint density at radius 2 is 1.91 bits per heavy atom. The molecule has 0 N–H and O–H groups in total.